The molecule has 156 valence electrons. The average molecular weight is 489 g/mol. The third-order valence-corrected chi connectivity index (χ3v) is 6.36. The molecule has 2 aromatic rings. The number of rotatable bonds is 3. The molecule has 0 bridgehead atoms. The zero-order valence-corrected chi connectivity index (χ0v) is 19.2. The highest BCUT2D eigenvalue weighted by Crippen LogP contribution is 2.47. The van der Waals surface area contributed by atoms with Gasteiger partial charge in [0.2, 0.25) is 5.91 Å². The lowest BCUT2D eigenvalue weighted by molar-refractivity contribution is -0.130. The van der Waals surface area contributed by atoms with Crippen LogP contribution in [0.1, 0.15) is 36.7 Å². The van der Waals surface area contributed by atoms with Gasteiger partial charge in [0.05, 0.1) is 17.3 Å². The molecule has 9 heteroatoms. The molecule has 0 aliphatic carbocycles. The molecule has 4 rings (SSSR count). The number of methoxy groups -OCH3 is 1. The van der Waals surface area contributed by atoms with Gasteiger partial charge in [-0.15, -0.1) is 5.10 Å². The van der Waals surface area contributed by atoms with Crippen LogP contribution in [0.4, 0.5) is 5.69 Å². The number of carbonyl (C=O) groups is 2. The molecule has 30 heavy (non-hydrogen) atoms. The van der Waals surface area contributed by atoms with Crippen LogP contribution in [0.3, 0.4) is 0 Å². The SMILES string of the molecule is CCC(=O)N1c2ccccc2[C@@H]2C(=O)NC(SC)=NN2[C@H]1c1ccc(OC)c(Br)c1. The van der Waals surface area contributed by atoms with Gasteiger partial charge < -0.3 is 10.1 Å². The van der Waals surface area contributed by atoms with Gasteiger partial charge in [0, 0.05) is 12.0 Å². The van der Waals surface area contributed by atoms with Crippen molar-refractivity contribution in [2.75, 3.05) is 18.3 Å². The number of anilines is 1. The number of carbonyl (C=O) groups excluding carboxylic acids is 2. The molecule has 0 saturated heterocycles. The first-order valence-corrected chi connectivity index (χ1v) is 11.5. The number of nitrogens with one attached hydrogen (secondary N) is 1. The molecule has 0 spiro atoms. The Morgan fingerprint density at radius 2 is 2.07 bits per heavy atom. The van der Waals surface area contributed by atoms with Gasteiger partial charge in [-0.1, -0.05) is 43.0 Å². The molecule has 0 fully saturated rings. The van der Waals surface area contributed by atoms with Crippen molar-refractivity contribution in [3.05, 3.63) is 58.1 Å². The summed E-state index contributed by atoms with van der Waals surface area (Å²) in [6.07, 6.45) is 1.60. The third kappa shape index (κ3) is 3.35. The molecular formula is C21H21BrN4O3S. The van der Waals surface area contributed by atoms with Crippen LogP contribution in [-0.4, -0.2) is 35.4 Å². The van der Waals surface area contributed by atoms with Gasteiger partial charge in [-0.05, 0) is 45.9 Å². The Hall–Kier alpha value is -2.52. The van der Waals surface area contributed by atoms with Crippen LogP contribution in [0.25, 0.3) is 0 Å². The summed E-state index contributed by atoms with van der Waals surface area (Å²) in [6, 6.07) is 12.5. The summed E-state index contributed by atoms with van der Waals surface area (Å²) in [5, 5.41) is 9.80. The molecule has 0 saturated carbocycles. The molecule has 0 aromatic heterocycles. The lowest BCUT2D eigenvalue weighted by atomic mass is 9.95. The Kier molecular flexibility index (Phi) is 5.75. The number of hydrogen-bond donors (Lipinski definition) is 1. The van der Waals surface area contributed by atoms with Gasteiger partial charge in [0.1, 0.15) is 5.75 Å². The van der Waals surface area contributed by atoms with Gasteiger partial charge >= 0.3 is 0 Å². The number of halogens is 1. The first-order valence-electron chi connectivity index (χ1n) is 9.46. The summed E-state index contributed by atoms with van der Waals surface area (Å²) in [4.78, 5) is 27.9. The lowest BCUT2D eigenvalue weighted by Crippen LogP contribution is -2.55. The fraction of sp³-hybridized carbons (Fsp3) is 0.286. The van der Waals surface area contributed by atoms with Crippen molar-refractivity contribution in [2.45, 2.75) is 25.6 Å². The molecule has 0 radical (unpaired) electrons. The normalized spacial score (nSPS) is 20.1. The number of hydrazone groups is 1. The van der Waals surface area contributed by atoms with Gasteiger partial charge in [-0.3, -0.25) is 19.5 Å². The molecule has 1 N–H and O–H groups in total. The predicted octanol–water partition coefficient (Wildman–Crippen LogP) is 4.02. The van der Waals surface area contributed by atoms with E-state index in [1.54, 1.807) is 17.0 Å². The van der Waals surface area contributed by atoms with E-state index in [0.717, 1.165) is 21.3 Å². The van der Waals surface area contributed by atoms with Crippen molar-refractivity contribution in [3.63, 3.8) is 0 Å². The molecule has 2 aliphatic rings. The molecule has 2 amide bonds. The topological polar surface area (TPSA) is 74.2 Å². The van der Waals surface area contributed by atoms with Crippen LogP contribution < -0.4 is 15.0 Å². The Labute approximate surface area is 187 Å². The first-order chi connectivity index (χ1) is 14.5. The van der Waals surface area contributed by atoms with Crippen molar-refractivity contribution in [1.82, 2.24) is 10.3 Å². The molecule has 2 atom stereocenters. The van der Waals surface area contributed by atoms with Gasteiger partial charge in [-0.25, -0.2) is 0 Å². The molecular weight excluding hydrogens is 468 g/mol. The standard InChI is InChI=1S/C21H21BrN4O3S/c1-4-17(27)25-15-8-6-5-7-13(15)18-19(28)23-21(30-3)24-26(18)20(25)12-9-10-16(29-2)14(22)11-12/h5-11,18,20H,4H2,1-3H3,(H,23,24,28)/t18-,20+/m1/s1. The minimum atomic E-state index is -0.635. The number of para-hydroxylation sites is 1. The van der Waals surface area contributed by atoms with E-state index >= 15 is 0 Å². The first kappa shape index (κ1) is 20.7. The average Bonchev–Trinajstić information content (AvgIpc) is 2.77. The Balaban J connectivity index is 1.97. The van der Waals surface area contributed by atoms with E-state index in [-0.39, 0.29) is 11.8 Å². The second-order valence-corrected chi connectivity index (χ2v) is 8.47. The maximum absolute atomic E-state index is 13.1. The van der Waals surface area contributed by atoms with E-state index in [1.807, 2.05) is 55.6 Å². The summed E-state index contributed by atoms with van der Waals surface area (Å²) in [5.41, 5.74) is 2.30. The number of amidine groups is 1. The van der Waals surface area contributed by atoms with Crippen molar-refractivity contribution < 1.29 is 14.3 Å². The molecule has 7 nitrogen and oxygen atoms in total. The summed E-state index contributed by atoms with van der Waals surface area (Å²) < 4.78 is 6.12. The van der Waals surface area contributed by atoms with Crippen molar-refractivity contribution in [2.24, 2.45) is 5.10 Å². The van der Waals surface area contributed by atoms with E-state index < -0.39 is 12.2 Å². The number of fused-ring (bicyclic) bond motifs is 3. The highest BCUT2D eigenvalue weighted by molar-refractivity contribution is 9.10. The minimum Gasteiger partial charge on any atom is -0.496 e. The summed E-state index contributed by atoms with van der Waals surface area (Å²) in [6.45, 7) is 1.83. The van der Waals surface area contributed by atoms with Crippen molar-refractivity contribution in [3.8, 4) is 5.75 Å². The molecule has 2 aromatic carbocycles. The Bertz CT molecular complexity index is 1040. The third-order valence-electron chi connectivity index (χ3n) is 5.17. The Morgan fingerprint density at radius 1 is 1.30 bits per heavy atom. The lowest BCUT2D eigenvalue weighted by Gasteiger charge is -2.48. The van der Waals surface area contributed by atoms with Crippen molar-refractivity contribution >= 4 is 50.4 Å². The van der Waals surface area contributed by atoms with Crippen LogP contribution in [0.2, 0.25) is 0 Å². The fourth-order valence-corrected chi connectivity index (χ4v) is 4.76. The quantitative estimate of drug-likeness (QED) is 0.705. The highest BCUT2D eigenvalue weighted by Gasteiger charge is 2.47. The van der Waals surface area contributed by atoms with Crippen LogP contribution in [0.5, 0.6) is 5.75 Å². The van der Waals surface area contributed by atoms with E-state index in [1.165, 1.54) is 11.8 Å². The maximum atomic E-state index is 13.1. The van der Waals surface area contributed by atoms with E-state index in [0.29, 0.717) is 17.3 Å². The van der Waals surface area contributed by atoms with Crippen molar-refractivity contribution in [1.29, 1.82) is 0 Å². The second-order valence-electron chi connectivity index (χ2n) is 6.82. The smallest absolute Gasteiger partial charge is 0.255 e. The highest BCUT2D eigenvalue weighted by atomic mass is 79.9. The zero-order chi connectivity index (χ0) is 21.4. The number of ether oxygens (including phenoxy) is 1. The summed E-state index contributed by atoms with van der Waals surface area (Å²) in [7, 11) is 1.60. The maximum Gasteiger partial charge on any atom is 0.255 e. The van der Waals surface area contributed by atoms with E-state index in [4.69, 9.17) is 9.84 Å². The summed E-state index contributed by atoms with van der Waals surface area (Å²) >= 11 is 4.89. The second kappa shape index (κ2) is 8.31. The number of thioether (sulfide) groups is 1. The summed E-state index contributed by atoms with van der Waals surface area (Å²) in [5.74, 6) is 0.470. The monoisotopic (exact) mass is 488 g/mol. The van der Waals surface area contributed by atoms with E-state index in [2.05, 4.69) is 21.2 Å². The number of nitrogens with zero attached hydrogens (tertiary/aromatic N) is 3. The molecule has 2 heterocycles. The number of amides is 2. The molecule has 2 aliphatic heterocycles. The van der Waals surface area contributed by atoms with Gasteiger partial charge in [0.25, 0.3) is 5.91 Å². The largest absolute Gasteiger partial charge is 0.496 e. The minimum absolute atomic E-state index is 0.0512. The van der Waals surface area contributed by atoms with Gasteiger partial charge in [-0.2, -0.15) is 0 Å². The Morgan fingerprint density at radius 3 is 2.73 bits per heavy atom. The number of hydrogen-bond acceptors (Lipinski definition) is 6. The number of benzene rings is 2. The van der Waals surface area contributed by atoms with Gasteiger partial charge in [0.15, 0.2) is 17.4 Å². The molecule has 0 unspecified atom stereocenters. The predicted molar refractivity (Wildman–Crippen MR) is 121 cm³/mol. The fourth-order valence-electron chi connectivity index (χ4n) is 3.83. The van der Waals surface area contributed by atoms with Crippen LogP contribution in [-0.2, 0) is 9.59 Å². The zero-order valence-electron chi connectivity index (χ0n) is 16.8. The van der Waals surface area contributed by atoms with Crippen LogP contribution >= 0.6 is 27.7 Å². The van der Waals surface area contributed by atoms with E-state index in [9.17, 15) is 9.59 Å². The van der Waals surface area contributed by atoms with Crippen LogP contribution in [0, 0.1) is 0 Å². The van der Waals surface area contributed by atoms with Crippen LogP contribution in [0.15, 0.2) is 52.0 Å².